The summed E-state index contributed by atoms with van der Waals surface area (Å²) in [6.07, 6.45) is 1.49. The molecule has 1 saturated heterocycles. The van der Waals surface area contributed by atoms with Crippen LogP contribution in [0.5, 0.6) is 5.75 Å². The van der Waals surface area contributed by atoms with Gasteiger partial charge in [-0.05, 0) is 71.6 Å². The molecule has 4 atom stereocenters. The predicted octanol–water partition coefficient (Wildman–Crippen LogP) is 6.09. The number of amides is 2. The number of H-pyrrole nitrogens is 1. The molecule has 1 unspecified atom stereocenters. The van der Waals surface area contributed by atoms with Crippen molar-refractivity contribution in [3.05, 3.63) is 130 Å². The van der Waals surface area contributed by atoms with Crippen molar-refractivity contribution in [1.82, 2.24) is 20.1 Å². The molecule has 0 bridgehead atoms. The zero-order chi connectivity index (χ0) is 40.4. The van der Waals surface area contributed by atoms with E-state index in [1.165, 1.54) is 23.3 Å². The van der Waals surface area contributed by atoms with Gasteiger partial charge in [-0.3, -0.25) is 19.8 Å². The number of carbonyl (C=O) groups is 2. The number of hydrogen-bond donors (Lipinski definition) is 5. The maximum absolute atomic E-state index is 12.9. The molecule has 304 valence electrons. The third-order valence-corrected chi connectivity index (χ3v) is 11.4. The normalized spacial score (nSPS) is 18.2. The fourth-order valence-electron chi connectivity index (χ4n) is 8.37. The van der Waals surface area contributed by atoms with Crippen molar-refractivity contribution in [1.29, 1.82) is 0 Å². The number of para-hydroxylation sites is 1. The van der Waals surface area contributed by atoms with Crippen LogP contribution in [0.25, 0.3) is 22.0 Å². The van der Waals surface area contributed by atoms with Gasteiger partial charge in [-0.15, -0.1) is 0 Å². The number of carbonyl (C=O) groups excluding carboxylic acids is 2. The number of aromatic nitrogens is 1. The quantitative estimate of drug-likeness (QED) is 0.0705. The van der Waals surface area contributed by atoms with Gasteiger partial charge in [-0.25, -0.2) is 4.79 Å². The number of phenols is 1. The standard InChI is InChI=1S/C46H53N5O7/c1-50(21-20-47-27-42(53)38-14-16-41(52)45-39(38)15-17-43(54)49-45)44(55)19-23-57-22-18-31-8-7-9-32(24-31)28-51-29-34-25-36(26-35(34)30-51)58-46(56)48-40-13-6-5-12-37(40)33-10-3-2-4-11-33/h2-17,24,34-36,42,47,52-53H,18-23,25-30H2,1H3,(H,48,56)(H,49,54)/t34-,35+,36?,42-/m0/s1. The molecule has 1 aliphatic carbocycles. The van der Waals surface area contributed by atoms with Gasteiger partial charge in [0.15, 0.2) is 0 Å². The second-order valence-corrected chi connectivity index (χ2v) is 15.5. The van der Waals surface area contributed by atoms with E-state index >= 15 is 0 Å². The van der Waals surface area contributed by atoms with Crippen LogP contribution in [0.15, 0.2) is 108 Å². The Bertz CT molecular complexity index is 2220. The highest BCUT2D eigenvalue weighted by atomic mass is 16.6. The summed E-state index contributed by atoms with van der Waals surface area (Å²) in [5, 5.41) is 27.6. The zero-order valence-corrected chi connectivity index (χ0v) is 32.9. The maximum atomic E-state index is 12.9. The fraction of sp³-hybridized carbons (Fsp3) is 0.370. The number of phenolic OH excluding ortho intramolecular Hbond substituents is 1. The maximum Gasteiger partial charge on any atom is 0.411 e. The molecule has 1 aromatic heterocycles. The Morgan fingerprint density at radius 2 is 1.67 bits per heavy atom. The van der Waals surface area contributed by atoms with Crippen LogP contribution in [0, 0.1) is 11.8 Å². The average molecular weight is 788 g/mol. The van der Waals surface area contributed by atoms with Gasteiger partial charge in [0.05, 0.1) is 36.9 Å². The van der Waals surface area contributed by atoms with Crippen molar-refractivity contribution in [2.75, 3.05) is 58.3 Å². The number of hydrogen-bond acceptors (Lipinski definition) is 9. The molecule has 12 heteroatoms. The van der Waals surface area contributed by atoms with E-state index in [-0.39, 0.29) is 36.3 Å². The lowest BCUT2D eigenvalue weighted by Crippen LogP contribution is -2.35. The van der Waals surface area contributed by atoms with E-state index in [0.717, 1.165) is 55.7 Å². The highest BCUT2D eigenvalue weighted by Gasteiger charge is 2.42. The summed E-state index contributed by atoms with van der Waals surface area (Å²) in [6, 6.07) is 32.5. The van der Waals surface area contributed by atoms with Crippen molar-refractivity contribution in [2.45, 2.75) is 44.4 Å². The number of nitrogens with one attached hydrogen (secondary N) is 3. The molecule has 0 radical (unpaired) electrons. The number of aliphatic hydroxyl groups excluding tert-OH is 1. The van der Waals surface area contributed by atoms with Gasteiger partial charge in [0.2, 0.25) is 11.5 Å². The number of likely N-dealkylation sites (tertiary alicyclic amines) is 1. The van der Waals surface area contributed by atoms with Gasteiger partial charge in [0.25, 0.3) is 0 Å². The van der Waals surface area contributed by atoms with Crippen LogP contribution in [0.2, 0.25) is 0 Å². The number of benzene rings is 4. The van der Waals surface area contributed by atoms with Crippen LogP contribution < -0.4 is 16.2 Å². The number of likely N-dealkylation sites (N-methyl/N-ethyl adjacent to an activating group) is 1. The van der Waals surface area contributed by atoms with Crippen LogP contribution in [-0.2, 0) is 27.2 Å². The van der Waals surface area contributed by atoms with Crippen molar-refractivity contribution in [3.8, 4) is 16.9 Å². The Balaban J connectivity index is 0.760. The number of aromatic amines is 1. The Morgan fingerprint density at radius 3 is 2.48 bits per heavy atom. The summed E-state index contributed by atoms with van der Waals surface area (Å²) >= 11 is 0. The van der Waals surface area contributed by atoms with E-state index in [2.05, 4.69) is 44.8 Å². The van der Waals surface area contributed by atoms with Crippen LogP contribution >= 0.6 is 0 Å². The third kappa shape index (κ3) is 10.5. The molecule has 5 N–H and O–H groups in total. The van der Waals surface area contributed by atoms with E-state index in [9.17, 15) is 24.6 Å². The summed E-state index contributed by atoms with van der Waals surface area (Å²) in [5.74, 6) is 0.966. The molecule has 7 rings (SSSR count). The van der Waals surface area contributed by atoms with Gasteiger partial charge in [0.1, 0.15) is 11.9 Å². The molecule has 1 aliphatic heterocycles. The minimum Gasteiger partial charge on any atom is -0.506 e. The molecule has 2 amide bonds. The van der Waals surface area contributed by atoms with E-state index < -0.39 is 12.2 Å². The molecule has 2 heterocycles. The van der Waals surface area contributed by atoms with E-state index in [0.29, 0.717) is 54.6 Å². The molecule has 2 fully saturated rings. The predicted molar refractivity (Wildman–Crippen MR) is 225 cm³/mol. The summed E-state index contributed by atoms with van der Waals surface area (Å²) in [6.45, 7) is 4.95. The largest absolute Gasteiger partial charge is 0.506 e. The number of fused-ring (bicyclic) bond motifs is 2. The van der Waals surface area contributed by atoms with E-state index in [1.54, 1.807) is 24.1 Å². The SMILES string of the molecule is CN(CCNC[C@H](O)c1ccc(O)c2[nH]c(=O)ccc12)C(=O)CCOCCc1cccc(CN2C[C@H]3CC(OC(=O)Nc4ccccc4-c4ccccc4)C[C@H]3C2)c1. The zero-order valence-electron chi connectivity index (χ0n) is 32.9. The Labute approximate surface area is 338 Å². The number of anilines is 1. The Kier molecular flexibility index (Phi) is 13.5. The van der Waals surface area contributed by atoms with E-state index in [4.69, 9.17) is 9.47 Å². The summed E-state index contributed by atoms with van der Waals surface area (Å²) in [7, 11) is 1.75. The molecule has 1 saturated carbocycles. The van der Waals surface area contributed by atoms with Gasteiger partial charge >= 0.3 is 6.09 Å². The summed E-state index contributed by atoms with van der Waals surface area (Å²) in [5.41, 5.74) is 5.78. The summed E-state index contributed by atoms with van der Waals surface area (Å²) in [4.78, 5) is 44.1. The molecule has 2 aliphatic rings. The lowest BCUT2D eigenvalue weighted by Gasteiger charge is -2.20. The first-order valence-corrected chi connectivity index (χ1v) is 20.2. The minimum absolute atomic E-state index is 0.0148. The lowest BCUT2D eigenvalue weighted by atomic mass is 10.0. The monoisotopic (exact) mass is 787 g/mol. The first-order valence-electron chi connectivity index (χ1n) is 20.2. The number of nitrogens with zero attached hydrogens (tertiary/aromatic N) is 2. The summed E-state index contributed by atoms with van der Waals surface area (Å²) < 4.78 is 11.8. The van der Waals surface area contributed by atoms with Crippen molar-refractivity contribution in [3.63, 3.8) is 0 Å². The molecule has 0 spiro atoms. The van der Waals surface area contributed by atoms with Gasteiger partial charge < -0.3 is 34.9 Å². The molecule has 12 nitrogen and oxygen atoms in total. The number of rotatable bonds is 17. The second-order valence-electron chi connectivity index (χ2n) is 15.5. The Hall–Kier alpha value is -5.53. The fourth-order valence-corrected chi connectivity index (χ4v) is 8.37. The minimum atomic E-state index is -0.865. The number of aliphatic hydroxyl groups is 1. The smallest absolute Gasteiger partial charge is 0.411 e. The van der Waals surface area contributed by atoms with Crippen molar-refractivity contribution < 1.29 is 29.3 Å². The van der Waals surface area contributed by atoms with Gasteiger partial charge in [-0.2, -0.15) is 0 Å². The second kappa shape index (κ2) is 19.3. The van der Waals surface area contributed by atoms with Gasteiger partial charge in [0, 0.05) is 63.3 Å². The van der Waals surface area contributed by atoms with Gasteiger partial charge in [-0.1, -0.05) is 78.9 Å². The number of ether oxygens (including phenoxy) is 2. The highest BCUT2D eigenvalue weighted by molar-refractivity contribution is 5.91. The van der Waals surface area contributed by atoms with Crippen LogP contribution in [0.4, 0.5) is 10.5 Å². The average Bonchev–Trinajstić information content (AvgIpc) is 3.77. The Morgan fingerprint density at radius 1 is 0.914 bits per heavy atom. The molecular formula is C46H53N5O7. The molecular weight excluding hydrogens is 735 g/mol. The third-order valence-electron chi connectivity index (χ3n) is 11.4. The van der Waals surface area contributed by atoms with Crippen LogP contribution in [0.3, 0.4) is 0 Å². The number of pyridine rings is 1. The van der Waals surface area contributed by atoms with Crippen molar-refractivity contribution >= 4 is 28.6 Å². The molecule has 58 heavy (non-hydrogen) atoms. The topological polar surface area (TPSA) is 156 Å². The number of aromatic hydroxyl groups is 1. The molecule has 4 aromatic carbocycles. The van der Waals surface area contributed by atoms with Crippen LogP contribution in [0.1, 0.15) is 42.1 Å². The first-order chi connectivity index (χ1) is 28.2. The van der Waals surface area contributed by atoms with Crippen molar-refractivity contribution in [2.24, 2.45) is 11.8 Å². The highest BCUT2D eigenvalue weighted by Crippen LogP contribution is 2.40. The van der Waals surface area contributed by atoms with E-state index in [1.807, 2.05) is 54.6 Å². The first kappa shape index (κ1) is 40.7. The van der Waals surface area contributed by atoms with Crippen LogP contribution in [-0.4, -0.2) is 96.1 Å². The lowest BCUT2D eigenvalue weighted by molar-refractivity contribution is -0.131. The molecule has 5 aromatic rings.